The highest BCUT2D eigenvalue weighted by Crippen LogP contribution is 2.32. The van der Waals surface area contributed by atoms with E-state index in [1.165, 1.54) is 0 Å². The van der Waals surface area contributed by atoms with Gasteiger partial charge in [-0.3, -0.25) is 4.79 Å². The number of thioether (sulfide) groups is 1. The first-order valence-corrected chi connectivity index (χ1v) is 11.0. The minimum atomic E-state index is -0.117. The molecule has 0 bridgehead atoms. The summed E-state index contributed by atoms with van der Waals surface area (Å²) in [6, 6.07) is 27.5. The summed E-state index contributed by atoms with van der Waals surface area (Å²) in [6.07, 6.45) is 0. The lowest BCUT2D eigenvalue weighted by Crippen LogP contribution is -2.25. The third kappa shape index (κ3) is 5.16. The van der Waals surface area contributed by atoms with Gasteiger partial charge in [0.1, 0.15) is 5.75 Å². The van der Waals surface area contributed by atoms with Gasteiger partial charge in [-0.1, -0.05) is 78.5 Å². The Hall–Kier alpha value is -3.51. The lowest BCUT2D eigenvalue weighted by molar-refractivity contribution is 0.0956. The topological polar surface area (TPSA) is 67.0 Å². The van der Waals surface area contributed by atoms with Gasteiger partial charge in [-0.15, -0.1) is 0 Å². The Morgan fingerprint density at radius 2 is 1.68 bits per heavy atom. The molecule has 1 heterocycles. The molecular weight excluding hydrogens is 406 g/mol. The van der Waals surface area contributed by atoms with Gasteiger partial charge in [0.2, 0.25) is 0 Å². The molecule has 0 saturated carbocycles. The number of nitrogens with one attached hydrogen (secondary N) is 2. The van der Waals surface area contributed by atoms with Crippen molar-refractivity contribution in [2.45, 2.75) is 5.16 Å². The van der Waals surface area contributed by atoms with Crippen LogP contribution in [-0.4, -0.2) is 35.3 Å². The van der Waals surface area contributed by atoms with Crippen molar-refractivity contribution < 1.29 is 9.53 Å². The summed E-state index contributed by atoms with van der Waals surface area (Å²) < 4.78 is 5.18. The first-order valence-electron chi connectivity index (χ1n) is 10.0. The summed E-state index contributed by atoms with van der Waals surface area (Å²) in [6.45, 7) is 0.531. The Bertz CT molecular complexity index is 1090. The highest BCUT2D eigenvalue weighted by molar-refractivity contribution is 7.99. The Balaban J connectivity index is 1.43. The van der Waals surface area contributed by atoms with Gasteiger partial charge in [-0.05, 0) is 18.2 Å². The molecule has 0 spiro atoms. The Labute approximate surface area is 185 Å². The maximum atomic E-state index is 12.4. The van der Waals surface area contributed by atoms with Crippen molar-refractivity contribution in [3.8, 4) is 28.3 Å². The van der Waals surface area contributed by atoms with Crippen LogP contribution in [0.4, 0.5) is 0 Å². The summed E-state index contributed by atoms with van der Waals surface area (Å²) in [5, 5.41) is 3.78. The van der Waals surface area contributed by atoms with Crippen LogP contribution in [0.2, 0.25) is 0 Å². The number of hydrogen-bond acceptors (Lipinski definition) is 4. The molecule has 4 rings (SSSR count). The number of methoxy groups -OCH3 is 1. The van der Waals surface area contributed by atoms with E-state index in [1.54, 1.807) is 31.0 Å². The summed E-state index contributed by atoms with van der Waals surface area (Å²) in [7, 11) is 1.59. The van der Waals surface area contributed by atoms with Gasteiger partial charge in [0.25, 0.3) is 5.91 Å². The van der Waals surface area contributed by atoms with Crippen LogP contribution in [0.25, 0.3) is 22.5 Å². The number of ether oxygens (including phenoxy) is 1. The number of rotatable bonds is 8. The number of H-pyrrole nitrogens is 1. The normalized spacial score (nSPS) is 10.6. The van der Waals surface area contributed by atoms with E-state index in [-0.39, 0.29) is 5.91 Å². The number of amides is 1. The van der Waals surface area contributed by atoms with Gasteiger partial charge < -0.3 is 15.0 Å². The zero-order valence-corrected chi connectivity index (χ0v) is 18.0. The molecule has 0 radical (unpaired) electrons. The standard InChI is InChI=1S/C25H23N3O2S/c1-30-21-14-8-13-20(17-21)24(29)26-15-16-31-25-27-22(18-9-4-2-5-10-18)23(28-25)19-11-6-3-7-12-19/h2-14,17H,15-16H2,1H3,(H,26,29)(H,27,28). The van der Waals surface area contributed by atoms with Crippen LogP contribution in [0.3, 0.4) is 0 Å². The molecule has 0 atom stereocenters. The minimum Gasteiger partial charge on any atom is -0.497 e. The predicted octanol–water partition coefficient (Wildman–Crippen LogP) is 5.27. The first kappa shape index (κ1) is 20.8. The Morgan fingerprint density at radius 1 is 0.968 bits per heavy atom. The second-order valence-corrected chi connectivity index (χ2v) is 7.92. The monoisotopic (exact) mass is 429 g/mol. The molecule has 156 valence electrons. The number of imidazole rings is 1. The van der Waals surface area contributed by atoms with Crippen LogP contribution in [0.1, 0.15) is 10.4 Å². The predicted molar refractivity (Wildman–Crippen MR) is 126 cm³/mol. The number of carbonyl (C=O) groups is 1. The lowest BCUT2D eigenvalue weighted by atomic mass is 10.1. The minimum absolute atomic E-state index is 0.117. The van der Waals surface area contributed by atoms with Gasteiger partial charge in [0.05, 0.1) is 18.5 Å². The molecule has 4 aromatic rings. The lowest BCUT2D eigenvalue weighted by Gasteiger charge is -2.06. The van der Waals surface area contributed by atoms with Gasteiger partial charge in [0, 0.05) is 29.0 Å². The quantitative estimate of drug-likeness (QED) is 0.296. The van der Waals surface area contributed by atoms with Crippen molar-refractivity contribution in [1.29, 1.82) is 0 Å². The van der Waals surface area contributed by atoms with E-state index in [4.69, 9.17) is 9.72 Å². The van der Waals surface area contributed by atoms with Crippen molar-refractivity contribution in [2.75, 3.05) is 19.4 Å². The molecule has 31 heavy (non-hydrogen) atoms. The van der Waals surface area contributed by atoms with Crippen molar-refractivity contribution in [1.82, 2.24) is 15.3 Å². The fourth-order valence-electron chi connectivity index (χ4n) is 3.22. The zero-order chi connectivity index (χ0) is 21.5. The Morgan fingerprint density at radius 3 is 2.39 bits per heavy atom. The van der Waals surface area contributed by atoms with Gasteiger partial charge in [-0.25, -0.2) is 4.98 Å². The van der Waals surface area contributed by atoms with E-state index in [9.17, 15) is 4.79 Å². The largest absolute Gasteiger partial charge is 0.497 e. The van der Waals surface area contributed by atoms with E-state index in [2.05, 4.69) is 34.6 Å². The number of nitrogens with zero attached hydrogens (tertiary/aromatic N) is 1. The molecule has 3 aromatic carbocycles. The number of hydrogen-bond donors (Lipinski definition) is 2. The van der Waals surface area contributed by atoms with E-state index in [0.29, 0.717) is 23.6 Å². The smallest absolute Gasteiger partial charge is 0.251 e. The number of aromatic nitrogens is 2. The SMILES string of the molecule is COc1cccc(C(=O)NCCSc2nc(-c3ccccc3)c(-c3ccccc3)[nH]2)c1. The van der Waals surface area contributed by atoms with E-state index < -0.39 is 0 Å². The molecular formula is C25H23N3O2S. The molecule has 6 heteroatoms. The summed E-state index contributed by atoms with van der Waals surface area (Å²) in [5.41, 5.74) is 4.66. The molecule has 0 fully saturated rings. The second-order valence-electron chi connectivity index (χ2n) is 6.83. The molecule has 0 aliphatic rings. The molecule has 5 nitrogen and oxygen atoms in total. The fourth-order valence-corrected chi connectivity index (χ4v) is 3.94. The van der Waals surface area contributed by atoms with Crippen molar-refractivity contribution in [3.63, 3.8) is 0 Å². The van der Waals surface area contributed by atoms with Gasteiger partial charge >= 0.3 is 0 Å². The maximum absolute atomic E-state index is 12.4. The number of carbonyl (C=O) groups excluding carboxylic acids is 1. The summed E-state index contributed by atoms with van der Waals surface area (Å²) in [4.78, 5) is 20.6. The van der Waals surface area contributed by atoms with Crippen LogP contribution in [0.15, 0.2) is 90.1 Å². The average Bonchev–Trinajstić information content (AvgIpc) is 3.27. The zero-order valence-electron chi connectivity index (χ0n) is 17.2. The van der Waals surface area contributed by atoms with Crippen LogP contribution in [-0.2, 0) is 0 Å². The van der Waals surface area contributed by atoms with Gasteiger partial charge in [0.15, 0.2) is 5.16 Å². The van der Waals surface area contributed by atoms with Crippen molar-refractivity contribution in [3.05, 3.63) is 90.5 Å². The van der Waals surface area contributed by atoms with Crippen LogP contribution >= 0.6 is 11.8 Å². The molecule has 0 aliphatic heterocycles. The third-order valence-corrected chi connectivity index (χ3v) is 5.63. The number of aromatic amines is 1. The highest BCUT2D eigenvalue weighted by Gasteiger charge is 2.14. The van der Waals surface area contributed by atoms with Crippen LogP contribution < -0.4 is 10.1 Å². The third-order valence-electron chi connectivity index (χ3n) is 4.75. The van der Waals surface area contributed by atoms with Crippen molar-refractivity contribution >= 4 is 17.7 Å². The number of benzene rings is 3. The first-order chi connectivity index (χ1) is 15.2. The van der Waals surface area contributed by atoms with Crippen molar-refractivity contribution in [2.24, 2.45) is 0 Å². The highest BCUT2D eigenvalue weighted by atomic mass is 32.2. The molecule has 0 saturated heterocycles. The summed E-state index contributed by atoms with van der Waals surface area (Å²) in [5.74, 6) is 1.25. The van der Waals surface area contributed by atoms with Crippen LogP contribution in [0.5, 0.6) is 5.75 Å². The van der Waals surface area contributed by atoms with Gasteiger partial charge in [-0.2, -0.15) is 0 Å². The van der Waals surface area contributed by atoms with E-state index >= 15 is 0 Å². The molecule has 0 unspecified atom stereocenters. The fraction of sp³-hybridized carbons (Fsp3) is 0.120. The maximum Gasteiger partial charge on any atom is 0.251 e. The van der Waals surface area contributed by atoms with E-state index in [1.807, 2.05) is 48.5 Å². The molecule has 0 aliphatic carbocycles. The summed E-state index contributed by atoms with van der Waals surface area (Å²) >= 11 is 1.58. The molecule has 2 N–H and O–H groups in total. The average molecular weight is 430 g/mol. The van der Waals surface area contributed by atoms with Crippen LogP contribution in [0, 0.1) is 0 Å². The Kier molecular flexibility index (Phi) is 6.69. The molecule has 1 amide bonds. The van der Waals surface area contributed by atoms with E-state index in [0.717, 1.165) is 27.7 Å². The second kappa shape index (κ2) is 10.00. The molecule has 1 aromatic heterocycles.